The van der Waals surface area contributed by atoms with Crippen molar-refractivity contribution in [2.45, 2.75) is 46.1 Å². The largest absolute Gasteiger partial charge is 0.357 e. The highest BCUT2D eigenvalue weighted by atomic mass is 127. The predicted octanol–water partition coefficient (Wildman–Crippen LogP) is 3.40. The Morgan fingerprint density at radius 1 is 1.21 bits per heavy atom. The van der Waals surface area contributed by atoms with Gasteiger partial charge in [-0.15, -0.1) is 24.0 Å². The van der Waals surface area contributed by atoms with Crippen molar-refractivity contribution in [1.82, 2.24) is 15.6 Å². The molecular formula is C18H32IN5. The molecule has 0 unspecified atom stereocenters. The number of anilines is 1. The second-order valence-electron chi connectivity index (χ2n) is 6.21. The van der Waals surface area contributed by atoms with Crippen molar-refractivity contribution in [1.29, 1.82) is 0 Å². The topological polar surface area (TPSA) is 52.6 Å². The van der Waals surface area contributed by atoms with Gasteiger partial charge in [0.1, 0.15) is 5.82 Å². The van der Waals surface area contributed by atoms with Crippen LogP contribution in [0.3, 0.4) is 0 Å². The smallest absolute Gasteiger partial charge is 0.191 e. The first-order valence-corrected chi connectivity index (χ1v) is 8.91. The Morgan fingerprint density at radius 3 is 2.46 bits per heavy atom. The van der Waals surface area contributed by atoms with E-state index in [0.717, 1.165) is 38.0 Å². The van der Waals surface area contributed by atoms with E-state index in [1.807, 2.05) is 13.2 Å². The molecule has 0 saturated carbocycles. The van der Waals surface area contributed by atoms with E-state index in [0.29, 0.717) is 5.92 Å². The van der Waals surface area contributed by atoms with Crippen LogP contribution in [0.2, 0.25) is 0 Å². The minimum Gasteiger partial charge on any atom is -0.357 e. The summed E-state index contributed by atoms with van der Waals surface area (Å²) in [6.45, 7) is 8.46. The lowest BCUT2D eigenvalue weighted by molar-refractivity contribution is 0.481. The van der Waals surface area contributed by atoms with Crippen molar-refractivity contribution in [2.24, 2.45) is 10.9 Å². The maximum atomic E-state index is 4.59. The third kappa shape index (κ3) is 6.45. The zero-order chi connectivity index (χ0) is 16.5. The number of nitrogens with one attached hydrogen (secondary N) is 2. The number of hydrogen-bond donors (Lipinski definition) is 2. The van der Waals surface area contributed by atoms with Crippen LogP contribution in [0.1, 0.15) is 45.1 Å². The maximum Gasteiger partial charge on any atom is 0.191 e. The normalized spacial score (nSPS) is 14.7. The minimum absolute atomic E-state index is 0. The number of rotatable bonds is 7. The molecule has 0 amide bonds. The highest BCUT2D eigenvalue weighted by molar-refractivity contribution is 14.0. The number of aromatic nitrogens is 1. The zero-order valence-electron chi connectivity index (χ0n) is 15.2. The Hall–Kier alpha value is -1.05. The molecule has 136 valence electrons. The highest BCUT2D eigenvalue weighted by Crippen LogP contribution is 2.17. The SMILES string of the molecule is CCC(CC)CNC(=NC)NCc1ccc(N2CCCC2)nc1.I. The molecule has 1 aromatic heterocycles. The summed E-state index contributed by atoms with van der Waals surface area (Å²) in [6, 6.07) is 4.28. The minimum atomic E-state index is 0. The molecule has 0 aromatic carbocycles. The summed E-state index contributed by atoms with van der Waals surface area (Å²) < 4.78 is 0. The van der Waals surface area contributed by atoms with E-state index in [-0.39, 0.29) is 24.0 Å². The molecule has 2 N–H and O–H groups in total. The predicted molar refractivity (Wildman–Crippen MR) is 113 cm³/mol. The van der Waals surface area contributed by atoms with Crippen molar-refractivity contribution < 1.29 is 0 Å². The second kappa shape index (κ2) is 11.5. The number of hydrogen-bond acceptors (Lipinski definition) is 3. The van der Waals surface area contributed by atoms with E-state index < -0.39 is 0 Å². The van der Waals surface area contributed by atoms with Crippen LogP contribution in [0, 0.1) is 5.92 Å². The van der Waals surface area contributed by atoms with Gasteiger partial charge in [0.2, 0.25) is 0 Å². The molecule has 1 aliphatic rings. The molecule has 0 atom stereocenters. The van der Waals surface area contributed by atoms with Gasteiger partial charge in [0.15, 0.2) is 5.96 Å². The van der Waals surface area contributed by atoms with Gasteiger partial charge < -0.3 is 15.5 Å². The van der Waals surface area contributed by atoms with Crippen LogP contribution in [-0.2, 0) is 6.54 Å². The first kappa shape index (κ1) is 21.0. The van der Waals surface area contributed by atoms with Crippen LogP contribution in [0.15, 0.2) is 23.3 Å². The van der Waals surface area contributed by atoms with Crippen molar-refractivity contribution in [3.05, 3.63) is 23.9 Å². The van der Waals surface area contributed by atoms with Crippen LogP contribution < -0.4 is 15.5 Å². The molecule has 0 radical (unpaired) electrons. The van der Waals surface area contributed by atoms with Gasteiger partial charge in [-0.1, -0.05) is 32.8 Å². The number of pyridine rings is 1. The van der Waals surface area contributed by atoms with E-state index in [1.165, 1.54) is 31.2 Å². The fourth-order valence-electron chi connectivity index (χ4n) is 2.88. The van der Waals surface area contributed by atoms with Gasteiger partial charge in [-0.2, -0.15) is 0 Å². The lowest BCUT2D eigenvalue weighted by Gasteiger charge is -2.18. The van der Waals surface area contributed by atoms with Gasteiger partial charge in [0, 0.05) is 39.4 Å². The third-order valence-corrected chi connectivity index (χ3v) is 4.64. The van der Waals surface area contributed by atoms with Gasteiger partial charge >= 0.3 is 0 Å². The monoisotopic (exact) mass is 445 g/mol. The molecule has 1 fully saturated rings. The first-order valence-electron chi connectivity index (χ1n) is 8.91. The van der Waals surface area contributed by atoms with Crippen LogP contribution in [-0.4, -0.2) is 37.6 Å². The Labute approximate surface area is 163 Å². The maximum absolute atomic E-state index is 4.59. The molecule has 6 heteroatoms. The van der Waals surface area contributed by atoms with Gasteiger partial charge in [-0.05, 0) is 30.4 Å². The standard InChI is InChI=1S/C18H31N5.HI/c1-4-15(5-2)12-21-18(19-3)22-14-16-8-9-17(20-13-16)23-10-6-7-11-23;/h8-9,13,15H,4-7,10-12,14H2,1-3H3,(H2,19,21,22);1H. The fourth-order valence-corrected chi connectivity index (χ4v) is 2.88. The van der Waals surface area contributed by atoms with Gasteiger partial charge in [-0.25, -0.2) is 4.98 Å². The molecule has 1 saturated heterocycles. The summed E-state index contributed by atoms with van der Waals surface area (Å²) in [7, 11) is 1.82. The summed E-state index contributed by atoms with van der Waals surface area (Å²) in [4.78, 5) is 11.2. The van der Waals surface area contributed by atoms with Crippen LogP contribution >= 0.6 is 24.0 Å². The fraction of sp³-hybridized carbons (Fsp3) is 0.667. The lowest BCUT2D eigenvalue weighted by atomic mass is 10.0. The van der Waals surface area contributed by atoms with Gasteiger partial charge in [0.25, 0.3) is 0 Å². The Kier molecular flexibility index (Phi) is 10.1. The van der Waals surface area contributed by atoms with Crippen molar-refractivity contribution in [2.75, 3.05) is 31.6 Å². The molecular weight excluding hydrogens is 413 g/mol. The molecule has 24 heavy (non-hydrogen) atoms. The van der Waals surface area contributed by atoms with Crippen LogP contribution in [0.4, 0.5) is 5.82 Å². The molecule has 1 aromatic rings. The first-order chi connectivity index (χ1) is 11.3. The Balaban J connectivity index is 0.00000288. The summed E-state index contributed by atoms with van der Waals surface area (Å²) in [5.74, 6) is 2.66. The van der Waals surface area contributed by atoms with E-state index >= 15 is 0 Å². The molecule has 5 nitrogen and oxygen atoms in total. The zero-order valence-corrected chi connectivity index (χ0v) is 17.5. The van der Waals surface area contributed by atoms with Crippen molar-refractivity contribution in [3.8, 4) is 0 Å². The Morgan fingerprint density at radius 2 is 1.92 bits per heavy atom. The number of aliphatic imine (C=N–C) groups is 1. The van der Waals surface area contributed by atoms with Crippen molar-refractivity contribution in [3.63, 3.8) is 0 Å². The highest BCUT2D eigenvalue weighted by Gasteiger charge is 2.13. The number of nitrogens with zero attached hydrogens (tertiary/aromatic N) is 3. The van der Waals surface area contributed by atoms with Gasteiger partial charge in [-0.3, -0.25) is 4.99 Å². The van der Waals surface area contributed by atoms with Crippen LogP contribution in [0.5, 0.6) is 0 Å². The van der Waals surface area contributed by atoms with Gasteiger partial charge in [0.05, 0.1) is 0 Å². The average molecular weight is 445 g/mol. The van der Waals surface area contributed by atoms with Crippen LogP contribution in [0.25, 0.3) is 0 Å². The Bertz CT molecular complexity index is 479. The average Bonchev–Trinajstić information content (AvgIpc) is 3.13. The summed E-state index contributed by atoms with van der Waals surface area (Å²) in [6.07, 6.45) is 6.92. The van der Waals surface area contributed by atoms with E-state index in [9.17, 15) is 0 Å². The van der Waals surface area contributed by atoms with E-state index in [1.54, 1.807) is 0 Å². The van der Waals surface area contributed by atoms with E-state index in [2.05, 4.69) is 51.5 Å². The molecule has 0 aliphatic carbocycles. The third-order valence-electron chi connectivity index (χ3n) is 4.64. The molecule has 1 aliphatic heterocycles. The second-order valence-corrected chi connectivity index (χ2v) is 6.21. The quantitative estimate of drug-likeness (QED) is 0.384. The summed E-state index contributed by atoms with van der Waals surface area (Å²) >= 11 is 0. The molecule has 0 bridgehead atoms. The summed E-state index contributed by atoms with van der Waals surface area (Å²) in [5, 5.41) is 6.77. The number of halogens is 1. The number of guanidine groups is 1. The van der Waals surface area contributed by atoms with Crippen molar-refractivity contribution >= 4 is 35.8 Å². The summed E-state index contributed by atoms with van der Waals surface area (Å²) in [5.41, 5.74) is 1.18. The molecule has 0 spiro atoms. The molecule has 2 heterocycles. The lowest BCUT2D eigenvalue weighted by Crippen LogP contribution is -2.39. The molecule has 2 rings (SSSR count). The van der Waals surface area contributed by atoms with E-state index in [4.69, 9.17) is 0 Å².